The van der Waals surface area contributed by atoms with E-state index in [1.807, 2.05) is 0 Å². The molecule has 7 nitrogen and oxygen atoms in total. The number of hydrogen-bond donors (Lipinski definition) is 2. The Hall–Kier alpha value is -2.41. The van der Waals surface area contributed by atoms with E-state index in [0.717, 1.165) is 5.56 Å². The fourth-order valence-corrected chi connectivity index (χ4v) is 2.46. The van der Waals surface area contributed by atoms with E-state index in [9.17, 15) is 9.90 Å². The van der Waals surface area contributed by atoms with Crippen LogP contribution in [0.5, 0.6) is 5.75 Å². The number of aromatic hydroxyl groups is 1. The highest BCUT2D eigenvalue weighted by atomic mass is 16.5. The Morgan fingerprint density at radius 2 is 2.38 bits per heavy atom. The van der Waals surface area contributed by atoms with E-state index in [2.05, 4.69) is 15.2 Å². The molecule has 0 spiro atoms. The van der Waals surface area contributed by atoms with Crippen LogP contribution in [0.25, 0.3) is 0 Å². The first-order chi connectivity index (χ1) is 10.2. The number of carbonyl (C=O) groups excluding carboxylic acids is 1. The summed E-state index contributed by atoms with van der Waals surface area (Å²) in [5.74, 6) is 0.405. The molecule has 2 heterocycles. The minimum absolute atomic E-state index is 0.00251. The van der Waals surface area contributed by atoms with Gasteiger partial charge in [0.15, 0.2) is 5.82 Å². The molecule has 0 radical (unpaired) electrons. The Balaban J connectivity index is 1.82. The monoisotopic (exact) mass is 288 g/mol. The summed E-state index contributed by atoms with van der Waals surface area (Å²) in [6.07, 6.45) is 1.09. The molecule has 2 N–H and O–H groups in total. The Morgan fingerprint density at radius 3 is 3.10 bits per heavy atom. The van der Waals surface area contributed by atoms with Crippen LogP contribution in [0.1, 0.15) is 27.8 Å². The molecule has 1 unspecified atom stereocenters. The van der Waals surface area contributed by atoms with Crippen LogP contribution in [0, 0.1) is 6.92 Å². The normalized spacial score (nSPS) is 18.7. The predicted molar refractivity (Wildman–Crippen MR) is 73.8 cm³/mol. The van der Waals surface area contributed by atoms with Crippen LogP contribution in [0.4, 0.5) is 0 Å². The van der Waals surface area contributed by atoms with Crippen molar-refractivity contribution in [2.45, 2.75) is 13.0 Å². The van der Waals surface area contributed by atoms with E-state index in [1.165, 1.54) is 12.4 Å². The van der Waals surface area contributed by atoms with Crippen molar-refractivity contribution >= 4 is 5.91 Å². The zero-order valence-electron chi connectivity index (χ0n) is 11.6. The minimum atomic E-state index is -0.323. The minimum Gasteiger partial charge on any atom is -0.507 e. The first kappa shape index (κ1) is 13.6. The number of phenols is 1. The third-order valence-electron chi connectivity index (χ3n) is 3.56. The molecule has 0 bridgehead atoms. The van der Waals surface area contributed by atoms with E-state index in [-0.39, 0.29) is 17.8 Å². The summed E-state index contributed by atoms with van der Waals surface area (Å²) in [6, 6.07) is 5.05. The molecule has 0 saturated carbocycles. The van der Waals surface area contributed by atoms with Crippen molar-refractivity contribution < 1.29 is 14.6 Å². The Labute approximate surface area is 121 Å². The molecule has 1 aliphatic rings. The number of aromatic amines is 1. The lowest BCUT2D eigenvalue weighted by molar-refractivity contribution is -0.0267. The predicted octanol–water partition coefficient (Wildman–Crippen LogP) is 1.03. The number of amides is 1. The van der Waals surface area contributed by atoms with Gasteiger partial charge in [0.2, 0.25) is 0 Å². The molecular weight excluding hydrogens is 272 g/mol. The molecule has 1 saturated heterocycles. The van der Waals surface area contributed by atoms with Crippen molar-refractivity contribution in [2.75, 3.05) is 19.7 Å². The summed E-state index contributed by atoms with van der Waals surface area (Å²) in [5, 5.41) is 16.5. The standard InChI is InChI=1S/C14H16N4O3/c1-9-3-2-4-10(19)12(9)14(20)18-5-6-21-11(7-18)13-15-8-16-17-13/h2-4,8,11,19H,5-7H2,1H3,(H,15,16,17). The zero-order chi connectivity index (χ0) is 14.8. The summed E-state index contributed by atoms with van der Waals surface area (Å²) in [4.78, 5) is 18.3. The number of H-pyrrole nitrogens is 1. The van der Waals surface area contributed by atoms with Crippen molar-refractivity contribution in [3.05, 3.63) is 41.5 Å². The van der Waals surface area contributed by atoms with Crippen LogP contribution in [0.15, 0.2) is 24.5 Å². The molecule has 3 rings (SSSR count). The van der Waals surface area contributed by atoms with Gasteiger partial charge in [-0.05, 0) is 18.6 Å². The first-order valence-corrected chi connectivity index (χ1v) is 6.71. The van der Waals surface area contributed by atoms with Crippen molar-refractivity contribution in [3.63, 3.8) is 0 Å². The largest absolute Gasteiger partial charge is 0.507 e. The zero-order valence-corrected chi connectivity index (χ0v) is 11.6. The number of carbonyl (C=O) groups is 1. The number of nitrogens with one attached hydrogen (secondary N) is 1. The average Bonchev–Trinajstić information content (AvgIpc) is 3.01. The molecule has 110 valence electrons. The van der Waals surface area contributed by atoms with E-state index >= 15 is 0 Å². The Bertz CT molecular complexity index is 621. The molecule has 1 amide bonds. The summed E-state index contributed by atoms with van der Waals surface area (Å²) < 4.78 is 5.61. The quantitative estimate of drug-likeness (QED) is 0.861. The molecule has 2 aromatic rings. The van der Waals surface area contributed by atoms with Crippen LogP contribution in [0.2, 0.25) is 0 Å². The van der Waals surface area contributed by atoms with Crippen molar-refractivity contribution in [1.29, 1.82) is 0 Å². The lowest BCUT2D eigenvalue weighted by Gasteiger charge is -2.32. The van der Waals surface area contributed by atoms with Crippen LogP contribution >= 0.6 is 0 Å². The number of phenolic OH excluding ortho intramolecular Hbond substituents is 1. The second-order valence-corrected chi connectivity index (χ2v) is 4.95. The van der Waals surface area contributed by atoms with Crippen LogP contribution < -0.4 is 0 Å². The molecule has 1 fully saturated rings. The highest BCUT2D eigenvalue weighted by Gasteiger charge is 2.29. The van der Waals surface area contributed by atoms with Crippen molar-refractivity contribution in [3.8, 4) is 5.75 Å². The number of aryl methyl sites for hydroxylation is 1. The van der Waals surface area contributed by atoms with Crippen LogP contribution in [-0.4, -0.2) is 50.8 Å². The lowest BCUT2D eigenvalue weighted by Crippen LogP contribution is -2.42. The summed E-state index contributed by atoms with van der Waals surface area (Å²) in [7, 11) is 0. The van der Waals surface area contributed by atoms with Gasteiger partial charge in [0.05, 0.1) is 18.7 Å². The van der Waals surface area contributed by atoms with Crippen LogP contribution in [0.3, 0.4) is 0 Å². The van der Waals surface area contributed by atoms with Gasteiger partial charge in [-0.25, -0.2) is 4.98 Å². The van der Waals surface area contributed by atoms with Gasteiger partial charge >= 0.3 is 0 Å². The average molecular weight is 288 g/mol. The fourth-order valence-electron chi connectivity index (χ4n) is 2.46. The van der Waals surface area contributed by atoms with Crippen molar-refractivity contribution in [1.82, 2.24) is 20.1 Å². The SMILES string of the molecule is Cc1cccc(O)c1C(=O)N1CCOC(c2ncn[nH]2)C1. The third-order valence-corrected chi connectivity index (χ3v) is 3.56. The van der Waals surface area contributed by atoms with E-state index in [4.69, 9.17) is 4.74 Å². The van der Waals surface area contributed by atoms with Crippen LogP contribution in [-0.2, 0) is 4.74 Å². The number of rotatable bonds is 2. The summed E-state index contributed by atoms with van der Waals surface area (Å²) >= 11 is 0. The van der Waals surface area contributed by atoms with Gasteiger partial charge < -0.3 is 14.7 Å². The highest BCUT2D eigenvalue weighted by Crippen LogP contribution is 2.25. The second kappa shape index (κ2) is 5.53. The number of nitrogens with zero attached hydrogens (tertiary/aromatic N) is 3. The van der Waals surface area contributed by atoms with Gasteiger partial charge in [-0.3, -0.25) is 9.89 Å². The molecule has 1 aliphatic heterocycles. The number of ether oxygens (including phenoxy) is 1. The molecule has 0 aliphatic carbocycles. The van der Waals surface area contributed by atoms with Gasteiger partial charge in [0.1, 0.15) is 18.2 Å². The first-order valence-electron chi connectivity index (χ1n) is 6.71. The maximum atomic E-state index is 12.6. The maximum absolute atomic E-state index is 12.6. The Morgan fingerprint density at radius 1 is 1.52 bits per heavy atom. The van der Waals surface area contributed by atoms with Gasteiger partial charge in [0.25, 0.3) is 5.91 Å². The summed E-state index contributed by atoms with van der Waals surface area (Å²) in [6.45, 7) is 3.09. The number of benzene rings is 1. The summed E-state index contributed by atoms with van der Waals surface area (Å²) in [5.41, 5.74) is 1.10. The van der Waals surface area contributed by atoms with Crippen molar-refractivity contribution in [2.24, 2.45) is 0 Å². The molecule has 7 heteroatoms. The van der Waals surface area contributed by atoms with E-state index in [0.29, 0.717) is 31.1 Å². The highest BCUT2D eigenvalue weighted by molar-refractivity contribution is 5.98. The lowest BCUT2D eigenvalue weighted by atomic mass is 10.1. The smallest absolute Gasteiger partial charge is 0.258 e. The fraction of sp³-hybridized carbons (Fsp3) is 0.357. The molecule has 1 aromatic heterocycles. The topological polar surface area (TPSA) is 91.3 Å². The van der Waals surface area contributed by atoms with Gasteiger partial charge in [-0.15, -0.1) is 0 Å². The molecule has 1 atom stereocenters. The van der Waals surface area contributed by atoms with E-state index in [1.54, 1.807) is 24.0 Å². The van der Waals surface area contributed by atoms with Gasteiger partial charge in [-0.1, -0.05) is 12.1 Å². The number of hydrogen-bond acceptors (Lipinski definition) is 5. The van der Waals surface area contributed by atoms with E-state index < -0.39 is 0 Å². The molecule has 1 aromatic carbocycles. The number of morpholine rings is 1. The maximum Gasteiger partial charge on any atom is 0.258 e. The number of aromatic nitrogens is 3. The Kier molecular flexibility index (Phi) is 3.57. The molecule has 21 heavy (non-hydrogen) atoms. The van der Waals surface area contributed by atoms with Gasteiger partial charge in [0, 0.05) is 6.54 Å². The molecular formula is C14H16N4O3. The third kappa shape index (κ3) is 2.59. The van der Waals surface area contributed by atoms with Gasteiger partial charge in [-0.2, -0.15) is 5.10 Å². The second-order valence-electron chi connectivity index (χ2n) is 4.95.